The summed E-state index contributed by atoms with van der Waals surface area (Å²) in [5, 5.41) is 21.7. The Labute approximate surface area is 117 Å². The zero-order valence-electron chi connectivity index (χ0n) is 11.7. The largest absolute Gasteiger partial charge is 0.462 e. The lowest BCUT2D eigenvalue weighted by Gasteiger charge is -2.12. The molecule has 0 rings (SSSR count). The van der Waals surface area contributed by atoms with Gasteiger partial charge in [-0.15, -0.1) is 0 Å². The zero-order valence-corrected chi connectivity index (χ0v) is 11.7. The number of ether oxygens (including phenoxy) is 1. The second-order valence-corrected chi connectivity index (χ2v) is 4.36. The molecule has 0 spiro atoms. The highest BCUT2D eigenvalue weighted by atomic mass is 16.6. The molecule has 20 heavy (non-hydrogen) atoms. The van der Waals surface area contributed by atoms with E-state index in [0.29, 0.717) is 12.8 Å². The molecule has 0 saturated heterocycles. The van der Waals surface area contributed by atoms with E-state index in [0.717, 1.165) is 0 Å². The number of hydrogen-bond acceptors (Lipinski definition) is 6. The highest BCUT2D eigenvalue weighted by Gasteiger charge is 2.31. The molecule has 8 heteroatoms. The number of hydrogen-bond donors (Lipinski definition) is 0. The van der Waals surface area contributed by atoms with E-state index in [1.807, 2.05) is 0 Å². The number of allylic oxidation sites excluding steroid dienone is 1. The monoisotopic (exact) mass is 288 g/mol. The van der Waals surface area contributed by atoms with Crippen molar-refractivity contribution in [2.45, 2.75) is 51.6 Å². The molecule has 2 atom stereocenters. The summed E-state index contributed by atoms with van der Waals surface area (Å²) in [6.45, 7) is 3.31. The molecule has 0 amide bonds. The van der Waals surface area contributed by atoms with Gasteiger partial charge in [0, 0.05) is 28.8 Å². The number of rotatable bonds is 10. The topological polar surface area (TPSA) is 113 Å². The zero-order chi connectivity index (χ0) is 15.5. The van der Waals surface area contributed by atoms with Crippen LogP contribution in [0.1, 0.15) is 39.5 Å². The molecule has 0 aromatic heterocycles. The lowest BCUT2D eigenvalue weighted by atomic mass is 10.0. The van der Waals surface area contributed by atoms with Gasteiger partial charge in [0.2, 0.25) is 12.1 Å². The molecule has 114 valence electrons. The van der Waals surface area contributed by atoms with Crippen LogP contribution < -0.4 is 0 Å². The maximum absolute atomic E-state index is 11.0. The Morgan fingerprint density at radius 2 is 1.75 bits per heavy atom. The summed E-state index contributed by atoms with van der Waals surface area (Å²) < 4.78 is 4.77. The molecule has 0 aromatic carbocycles. The number of carbonyl (C=O) groups excluding carboxylic acids is 1. The predicted molar refractivity (Wildman–Crippen MR) is 71.5 cm³/mol. The van der Waals surface area contributed by atoms with Crippen LogP contribution in [0.3, 0.4) is 0 Å². The Kier molecular flexibility index (Phi) is 8.89. The summed E-state index contributed by atoms with van der Waals surface area (Å²) in [7, 11) is 0. The molecule has 0 bridgehead atoms. The summed E-state index contributed by atoms with van der Waals surface area (Å²) in [4.78, 5) is 31.7. The van der Waals surface area contributed by atoms with Crippen LogP contribution in [0.4, 0.5) is 0 Å². The quantitative estimate of drug-likeness (QED) is 0.263. The molecule has 0 aliphatic carbocycles. The van der Waals surface area contributed by atoms with Crippen molar-refractivity contribution in [2.24, 2.45) is 0 Å². The molecule has 0 saturated carbocycles. The van der Waals surface area contributed by atoms with Crippen LogP contribution in [0.5, 0.6) is 0 Å². The van der Waals surface area contributed by atoms with E-state index < -0.39 is 27.9 Å². The van der Waals surface area contributed by atoms with E-state index in [4.69, 9.17) is 4.74 Å². The molecule has 0 aliphatic rings. The van der Waals surface area contributed by atoms with Gasteiger partial charge in [0.05, 0.1) is 13.0 Å². The summed E-state index contributed by atoms with van der Waals surface area (Å²) in [5.74, 6) is -0.575. The van der Waals surface area contributed by atoms with Gasteiger partial charge in [-0.25, -0.2) is 4.79 Å². The fourth-order valence-electron chi connectivity index (χ4n) is 1.75. The molecule has 0 fully saturated rings. The molecule has 0 aromatic rings. The Bertz CT molecular complexity index is 369. The Hall–Kier alpha value is -1.99. The Morgan fingerprint density at radius 1 is 1.20 bits per heavy atom. The van der Waals surface area contributed by atoms with Crippen LogP contribution in [-0.4, -0.2) is 34.5 Å². The second kappa shape index (κ2) is 9.88. The van der Waals surface area contributed by atoms with Crippen LogP contribution in [0, 0.1) is 20.2 Å². The van der Waals surface area contributed by atoms with Gasteiger partial charge in [0.1, 0.15) is 0 Å². The van der Waals surface area contributed by atoms with Gasteiger partial charge in [0.15, 0.2) is 0 Å². The molecular formula is C12H20N2O6. The van der Waals surface area contributed by atoms with E-state index in [-0.39, 0.29) is 19.4 Å². The minimum Gasteiger partial charge on any atom is -0.462 e. The smallest absolute Gasteiger partial charge is 0.330 e. The highest BCUT2D eigenvalue weighted by Crippen LogP contribution is 2.13. The standard InChI is InChI=1S/C12H20N2O6/c1-3-5-10(13(16)17)9-11(14(18)19)7-8-20-12(15)6-4-2/h4,6,10-11H,3,5,7-9H2,1-2H3/b6-4+. The van der Waals surface area contributed by atoms with Gasteiger partial charge in [-0.05, 0) is 13.3 Å². The minimum absolute atomic E-state index is 0.0235. The summed E-state index contributed by atoms with van der Waals surface area (Å²) in [6, 6.07) is -2.00. The molecule has 0 radical (unpaired) electrons. The molecule has 0 heterocycles. The van der Waals surface area contributed by atoms with E-state index >= 15 is 0 Å². The maximum atomic E-state index is 11.0. The van der Waals surface area contributed by atoms with E-state index in [2.05, 4.69) is 0 Å². The van der Waals surface area contributed by atoms with Crippen molar-refractivity contribution >= 4 is 5.97 Å². The number of nitro groups is 2. The first-order valence-corrected chi connectivity index (χ1v) is 6.48. The predicted octanol–water partition coefficient (Wildman–Crippen LogP) is 1.98. The number of carbonyl (C=O) groups is 1. The van der Waals surface area contributed by atoms with Crippen molar-refractivity contribution < 1.29 is 19.4 Å². The first-order chi connectivity index (χ1) is 9.42. The van der Waals surface area contributed by atoms with Crippen LogP contribution in [0.2, 0.25) is 0 Å². The fourth-order valence-corrected chi connectivity index (χ4v) is 1.75. The normalized spacial score (nSPS) is 13.9. The van der Waals surface area contributed by atoms with Crippen LogP contribution >= 0.6 is 0 Å². The second-order valence-electron chi connectivity index (χ2n) is 4.36. The molecule has 2 unspecified atom stereocenters. The lowest BCUT2D eigenvalue weighted by molar-refractivity contribution is -0.561. The average molecular weight is 288 g/mol. The van der Waals surface area contributed by atoms with E-state index in [1.54, 1.807) is 13.8 Å². The van der Waals surface area contributed by atoms with Crippen molar-refractivity contribution in [1.29, 1.82) is 0 Å². The van der Waals surface area contributed by atoms with Crippen molar-refractivity contribution in [3.63, 3.8) is 0 Å². The number of esters is 1. The van der Waals surface area contributed by atoms with Crippen LogP contribution in [0.15, 0.2) is 12.2 Å². The SMILES string of the molecule is C/C=C/C(=O)OCCC(CC(CCC)[N+](=O)[O-])[N+](=O)[O-]. The Morgan fingerprint density at radius 3 is 2.20 bits per heavy atom. The fraction of sp³-hybridized carbons (Fsp3) is 0.750. The maximum Gasteiger partial charge on any atom is 0.330 e. The van der Waals surface area contributed by atoms with Crippen LogP contribution in [-0.2, 0) is 9.53 Å². The van der Waals surface area contributed by atoms with Crippen molar-refractivity contribution in [1.82, 2.24) is 0 Å². The highest BCUT2D eigenvalue weighted by molar-refractivity contribution is 5.81. The number of nitrogens with zero attached hydrogens (tertiary/aromatic N) is 2. The third-order valence-electron chi connectivity index (χ3n) is 2.76. The van der Waals surface area contributed by atoms with Gasteiger partial charge in [-0.1, -0.05) is 13.0 Å². The first kappa shape index (κ1) is 18.0. The summed E-state index contributed by atoms with van der Waals surface area (Å²) >= 11 is 0. The minimum atomic E-state index is -1.07. The molecule has 0 N–H and O–H groups in total. The summed E-state index contributed by atoms with van der Waals surface area (Å²) in [6.07, 6.45) is 3.43. The third kappa shape index (κ3) is 7.45. The van der Waals surface area contributed by atoms with E-state index in [9.17, 15) is 25.0 Å². The van der Waals surface area contributed by atoms with Crippen molar-refractivity contribution in [3.05, 3.63) is 32.4 Å². The summed E-state index contributed by atoms with van der Waals surface area (Å²) in [5.41, 5.74) is 0. The van der Waals surface area contributed by atoms with Gasteiger partial charge >= 0.3 is 5.97 Å². The molecule has 8 nitrogen and oxygen atoms in total. The van der Waals surface area contributed by atoms with Gasteiger partial charge in [0.25, 0.3) is 0 Å². The molecule has 0 aliphatic heterocycles. The van der Waals surface area contributed by atoms with Crippen molar-refractivity contribution in [3.8, 4) is 0 Å². The van der Waals surface area contributed by atoms with E-state index in [1.165, 1.54) is 12.2 Å². The molecular weight excluding hydrogens is 268 g/mol. The van der Waals surface area contributed by atoms with Crippen molar-refractivity contribution in [2.75, 3.05) is 6.61 Å². The third-order valence-corrected chi connectivity index (χ3v) is 2.76. The lowest BCUT2D eigenvalue weighted by Crippen LogP contribution is -2.31. The Balaban J connectivity index is 4.38. The first-order valence-electron chi connectivity index (χ1n) is 6.48. The van der Waals surface area contributed by atoms with Gasteiger partial charge in [-0.2, -0.15) is 0 Å². The van der Waals surface area contributed by atoms with Gasteiger partial charge < -0.3 is 4.74 Å². The average Bonchev–Trinajstić information content (AvgIpc) is 2.36. The van der Waals surface area contributed by atoms with Gasteiger partial charge in [-0.3, -0.25) is 20.2 Å². The van der Waals surface area contributed by atoms with Crippen LogP contribution in [0.25, 0.3) is 0 Å².